The lowest BCUT2D eigenvalue weighted by molar-refractivity contribution is 0.271. The SMILES string of the molecule is COc1nc(NCc2ccccc2)nc(OCc2ccc(C(C)(C)C)cc2)n1. The van der Waals surface area contributed by atoms with Crippen LogP contribution in [0.25, 0.3) is 0 Å². The maximum Gasteiger partial charge on any atom is 0.324 e. The van der Waals surface area contributed by atoms with Crippen molar-refractivity contribution in [1.82, 2.24) is 15.0 Å². The van der Waals surface area contributed by atoms with Crippen LogP contribution in [0.3, 0.4) is 0 Å². The Morgan fingerprint density at radius 2 is 1.50 bits per heavy atom. The summed E-state index contributed by atoms with van der Waals surface area (Å²) in [6, 6.07) is 18.8. The van der Waals surface area contributed by atoms with Crippen molar-refractivity contribution < 1.29 is 9.47 Å². The van der Waals surface area contributed by atoms with Gasteiger partial charge in [0.15, 0.2) is 0 Å². The molecule has 0 aliphatic rings. The van der Waals surface area contributed by atoms with Crippen LogP contribution in [0, 0.1) is 0 Å². The molecule has 1 aromatic heterocycles. The Kier molecular flexibility index (Phi) is 6.09. The molecule has 2 aromatic carbocycles. The number of anilines is 1. The van der Waals surface area contributed by atoms with Crippen molar-refractivity contribution in [3.63, 3.8) is 0 Å². The number of ether oxygens (including phenoxy) is 2. The first-order valence-corrected chi connectivity index (χ1v) is 9.24. The average Bonchev–Trinajstić information content (AvgIpc) is 2.71. The zero-order chi connectivity index (χ0) is 20.0. The number of benzene rings is 2. The molecule has 1 N–H and O–H groups in total. The third kappa shape index (κ3) is 5.42. The molecule has 6 heteroatoms. The zero-order valence-electron chi connectivity index (χ0n) is 16.8. The fourth-order valence-corrected chi connectivity index (χ4v) is 2.60. The molecule has 0 atom stereocenters. The van der Waals surface area contributed by atoms with E-state index in [1.54, 1.807) is 0 Å². The first-order chi connectivity index (χ1) is 13.4. The normalized spacial score (nSPS) is 11.1. The third-order valence-electron chi connectivity index (χ3n) is 4.26. The van der Waals surface area contributed by atoms with Gasteiger partial charge < -0.3 is 14.8 Å². The van der Waals surface area contributed by atoms with Crippen molar-refractivity contribution in [1.29, 1.82) is 0 Å². The fraction of sp³-hybridized carbons (Fsp3) is 0.318. The molecule has 0 aliphatic heterocycles. The molecule has 0 saturated carbocycles. The molecule has 0 saturated heterocycles. The van der Waals surface area contributed by atoms with E-state index in [1.165, 1.54) is 12.7 Å². The molecule has 0 unspecified atom stereocenters. The number of aromatic nitrogens is 3. The van der Waals surface area contributed by atoms with Gasteiger partial charge >= 0.3 is 12.0 Å². The maximum atomic E-state index is 5.77. The Morgan fingerprint density at radius 1 is 0.821 bits per heavy atom. The van der Waals surface area contributed by atoms with Gasteiger partial charge in [-0.2, -0.15) is 9.97 Å². The summed E-state index contributed by atoms with van der Waals surface area (Å²) in [5.74, 6) is 0.411. The highest BCUT2D eigenvalue weighted by molar-refractivity contribution is 5.30. The van der Waals surface area contributed by atoms with Gasteiger partial charge in [-0.25, -0.2) is 0 Å². The fourth-order valence-electron chi connectivity index (χ4n) is 2.60. The molecule has 3 aromatic rings. The highest BCUT2D eigenvalue weighted by Gasteiger charge is 2.13. The summed E-state index contributed by atoms with van der Waals surface area (Å²) in [7, 11) is 1.52. The van der Waals surface area contributed by atoms with Crippen molar-refractivity contribution in [3.8, 4) is 12.0 Å². The quantitative estimate of drug-likeness (QED) is 0.658. The highest BCUT2D eigenvalue weighted by Crippen LogP contribution is 2.22. The molecule has 0 fully saturated rings. The van der Waals surface area contributed by atoms with E-state index in [-0.39, 0.29) is 17.4 Å². The molecule has 0 amide bonds. The van der Waals surface area contributed by atoms with E-state index in [4.69, 9.17) is 9.47 Å². The average molecular weight is 378 g/mol. The molecule has 0 aliphatic carbocycles. The van der Waals surface area contributed by atoms with Gasteiger partial charge in [0.05, 0.1) is 7.11 Å². The summed E-state index contributed by atoms with van der Waals surface area (Å²) in [4.78, 5) is 12.7. The van der Waals surface area contributed by atoms with Crippen molar-refractivity contribution in [2.45, 2.75) is 39.3 Å². The summed E-state index contributed by atoms with van der Waals surface area (Å²) in [5.41, 5.74) is 3.58. The van der Waals surface area contributed by atoms with Gasteiger partial charge in [-0.3, -0.25) is 0 Å². The van der Waals surface area contributed by atoms with Crippen molar-refractivity contribution in [3.05, 3.63) is 71.3 Å². The number of hydrogen-bond acceptors (Lipinski definition) is 6. The predicted octanol–water partition coefficient (Wildman–Crippen LogP) is 4.37. The molecule has 1 heterocycles. The van der Waals surface area contributed by atoms with E-state index in [9.17, 15) is 0 Å². The van der Waals surface area contributed by atoms with E-state index in [0.717, 1.165) is 11.1 Å². The van der Waals surface area contributed by atoms with E-state index < -0.39 is 0 Å². The summed E-state index contributed by atoms with van der Waals surface area (Å²) in [5, 5.41) is 3.18. The van der Waals surface area contributed by atoms with E-state index in [1.807, 2.05) is 30.3 Å². The summed E-state index contributed by atoms with van der Waals surface area (Å²) < 4.78 is 10.9. The number of nitrogens with one attached hydrogen (secondary N) is 1. The Hall–Kier alpha value is -3.15. The zero-order valence-corrected chi connectivity index (χ0v) is 16.8. The minimum Gasteiger partial charge on any atom is -0.467 e. The molecule has 0 bridgehead atoms. The van der Waals surface area contributed by atoms with Gasteiger partial charge in [0.1, 0.15) is 6.61 Å². The van der Waals surface area contributed by atoms with Crippen LogP contribution in [0.5, 0.6) is 12.0 Å². The Bertz CT molecular complexity index is 891. The van der Waals surface area contributed by atoms with Gasteiger partial charge in [0.25, 0.3) is 0 Å². The van der Waals surface area contributed by atoms with E-state index >= 15 is 0 Å². The van der Waals surface area contributed by atoms with Crippen molar-refractivity contribution >= 4 is 5.95 Å². The number of rotatable bonds is 7. The van der Waals surface area contributed by atoms with Crippen LogP contribution >= 0.6 is 0 Å². The molecule has 0 radical (unpaired) electrons. The lowest BCUT2D eigenvalue weighted by Crippen LogP contribution is -2.11. The Morgan fingerprint density at radius 3 is 2.14 bits per heavy atom. The second-order valence-electron chi connectivity index (χ2n) is 7.50. The predicted molar refractivity (Wildman–Crippen MR) is 110 cm³/mol. The molecular weight excluding hydrogens is 352 g/mol. The van der Waals surface area contributed by atoms with E-state index in [2.05, 4.69) is 65.3 Å². The summed E-state index contributed by atoms with van der Waals surface area (Å²) in [6.45, 7) is 7.55. The largest absolute Gasteiger partial charge is 0.467 e. The molecule has 146 valence electrons. The maximum absolute atomic E-state index is 5.77. The number of hydrogen-bond donors (Lipinski definition) is 1. The summed E-state index contributed by atoms with van der Waals surface area (Å²) in [6.07, 6.45) is 0. The molecule has 0 spiro atoms. The van der Waals surface area contributed by atoms with Crippen LogP contribution in [-0.2, 0) is 18.6 Å². The second-order valence-corrected chi connectivity index (χ2v) is 7.50. The Balaban J connectivity index is 1.66. The van der Waals surface area contributed by atoms with Gasteiger partial charge in [0.2, 0.25) is 5.95 Å². The van der Waals surface area contributed by atoms with Gasteiger partial charge in [0, 0.05) is 6.54 Å². The van der Waals surface area contributed by atoms with Crippen molar-refractivity contribution in [2.75, 3.05) is 12.4 Å². The molecular formula is C22H26N4O2. The highest BCUT2D eigenvalue weighted by atomic mass is 16.5. The van der Waals surface area contributed by atoms with Gasteiger partial charge in [-0.05, 0) is 22.1 Å². The van der Waals surface area contributed by atoms with Gasteiger partial charge in [-0.1, -0.05) is 75.4 Å². The van der Waals surface area contributed by atoms with Crippen LogP contribution in [0.1, 0.15) is 37.5 Å². The molecule has 3 rings (SSSR count). The van der Waals surface area contributed by atoms with Crippen molar-refractivity contribution in [2.24, 2.45) is 0 Å². The van der Waals surface area contributed by atoms with Crippen LogP contribution in [-0.4, -0.2) is 22.1 Å². The van der Waals surface area contributed by atoms with Crippen LogP contribution in [0.15, 0.2) is 54.6 Å². The lowest BCUT2D eigenvalue weighted by Gasteiger charge is -2.19. The molecule has 6 nitrogen and oxygen atoms in total. The third-order valence-corrected chi connectivity index (χ3v) is 4.26. The lowest BCUT2D eigenvalue weighted by atomic mass is 9.87. The first-order valence-electron chi connectivity index (χ1n) is 9.24. The van der Waals surface area contributed by atoms with Crippen LogP contribution in [0.2, 0.25) is 0 Å². The minimum absolute atomic E-state index is 0.125. The number of nitrogens with zero attached hydrogens (tertiary/aromatic N) is 3. The Labute approximate surface area is 166 Å². The minimum atomic E-state index is 0.125. The monoisotopic (exact) mass is 378 g/mol. The molecule has 28 heavy (non-hydrogen) atoms. The van der Waals surface area contributed by atoms with Crippen LogP contribution < -0.4 is 14.8 Å². The van der Waals surface area contributed by atoms with Crippen LogP contribution in [0.4, 0.5) is 5.95 Å². The van der Waals surface area contributed by atoms with E-state index in [0.29, 0.717) is 19.1 Å². The summed E-state index contributed by atoms with van der Waals surface area (Å²) >= 11 is 0. The number of methoxy groups -OCH3 is 1. The standard InChI is InChI=1S/C22H26N4O2/c1-22(2,3)18-12-10-17(11-13-18)15-28-21-25-19(24-20(26-21)27-4)23-14-16-8-6-5-7-9-16/h5-13H,14-15H2,1-4H3,(H,23,24,25,26). The first kappa shape index (κ1) is 19.6. The van der Waals surface area contributed by atoms with Gasteiger partial charge in [-0.15, -0.1) is 4.98 Å². The topological polar surface area (TPSA) is 69.2 Å². The smallest absolute Gasteiger partial charge is 0.324 e. The second kappa shape index (κ2) is 8.69.